The molecule has 2 unspecified atom stereocenters. The van der Waals surface area contributed by atoms with Crippen molar-refractivity contribution < 1.29 is 9.53 Å². The molecule has 2 aliphatic heterocycles. The molecule has 2 atom stereocenters. The van der Waals surface area contributed by atoms with Crippen LogP contribution in [0.25, 0.3) is 0 Å². The van der Waals surface area contributed by atoms with Crippen molar-refractivity contribution in [1.29, 1.82) is 0 Å². The van der Waals surface area contributed by atoms with Crippen molar-refractivity contribution in [2.75, 3.05) is 39.8 Å². The van der Waals surface area contributed by atoms with Crippen molar-refractivity contribution in [3.63, 3.8) is 0 Å². The zero-order chi connectivity index (χ0) is 11.4. The molecule has 2 heterocycles. The summed E-state index contributed by atoms with van der Waals surface area (Å²) in [6.45, 7) is 4.44. The molecule has 5 nitrogen and oxygen atoms in total. The quantitative estimate of drug-likeness (QED) is 0.662. The number of nitrogens with zero attached hydrogens (tertiary/aromatic N) is 1. The summed E-state index contributed by atoms with van der Waals surface area (Å²) in [5.74, 6) is 0.119. The van der Waals surface area contributed by atoms with Gasteiger partial charge in [0.2, 0.25) is 5.91 Å². The Morgan fingerprint density at radius 3 is 3.12 bits per heavy atom. The summed E-state index contributed by atoms with van der Waals surface area (Å²) >= 11 is 0. The lowest BCUT2D eigenvalue weighted by Gasteiger charge is -2.23. The van der Waals surface area contributed by atoms with Gasteiger partial charge < -0.3 is 20.3 Å². The van der Waals surface area contributed by atoms with E-state index >= 15 is 0 Å². The summed E-state index contributed by atoms with van der Waals surface area (Å²) in [4.78, 5) is 14.0. The molecule has 2 aliphatic rings. The Morgan fingerprint density at radius 1 is 1.62 bits per heavy atom. The molecule has 0 aromatic heterocycles. The van der Waals surface area contributed by atoms with Crippen LogP contribution in [0.5, 0.6) is 0 Å². The summed E-state index contributed by atoms with van der Waals surface area (Å²) in [6.07, 6.45) is 1.59. The van der Waals surface area contributed by atoms with Crippen molar-refractivity contribution in [3.8, 4) is 0 Å². The Hall–Kier alpha value is -0.650. The summed E-state index contributed by atoms with van der Waals surface area (Å²) in [5, 5.41) is 6.30. The first kappa shape index (κ1) is 11.8. The zero-order valence-corrected chi connectivity index (χ0v) is 9.87. The van der Waals surface area contributed by atoms with E-state index in [0.717, 1.165) is 32.6 Å². The Balaban J connectivity index is 1.67. The molecular weight excluding hydrogens is 206 g/mol. The average molecular weight is 227 g/mol. The molecule has 92 valence electrons. The summed E-state index contributed by atoms with van der Waals surface area (Å²) in [6, 6.07) is 0.328. The van der Waals surface area contributed by atoms with Gasteiger partial charge in [0.05, 0.1) is 19.1 Å². The molecular formula is C11H21N3O2. The number of ether oxygens (including phenoxy) is 1. The van der Waals surface area contributed by atoms with E-state index in [1.165, 1.54) is 0 Å². The first-order valence-corrected chi connectivity index (χ1v) is 6.04. The number of rotatable bonds is 3. The highest BCUT2D eigenvalue weighted by Gasteiger charge is 2.23. The molecule has 0 saturated carbocycles. The second-order valence-electron chi connectivity index (χ2n) is 4.72. The zero-order valence-electron chi connectivity index (χ0n) is 9.87. The molecule has 2 fully saturated rings. The van der Waals surface area contributed by atoms with Gasteiger partial charge in [-0.15, -0.1) is 0 Å². The van der Waals surface area contributed by atoms with E-state index in [1.54, 1.807) is 0 Å². The van der Waals surface area contributed by atoms with Crippen LogP contribution in [0.3, 0.4) is 0 Å². The number of carbonyl (C=O) groups is 1. The fourth-order valence-electron chi connectivity index (χ4n) is 2.30. The third kappa shape index (κ3) is 3.43. The average Bonchev–Trinajstić information content (AvgIpc) is 2.65. The molecule has 0 aromatic carbocycles. The number of morpholine rings is 1. The number of likely N-dealkylation sites (N-methyl/N-ethyl adjacent to an activating group) is 1. The van der Waals surface area contributed by atoms with Gasteiger partial charge in [0.1, 0.15) is 0 Å². The molecule has 16 heavy (non-hydrogen) atoms. The summed E-state index contributed by atoms with van der Waals surface area (Å²) in [5.41, 5.74) is 0. The lowest BCUT2D eigenvalue weighted by Crippen LogP contribution is -2.43. The Kier molecular flexibility index (Phi) is 4.15. The Bertz CT molecular complexity index is 233. The van der Waals surface area contributed by atoms with E-state index in [-0.39, 0.29) is 12.0 Å². The van der Waals surface area contributed by atoms with Crippen molar-refractivity contribution >= 4 is 5.91 Å². The van der Waals surface area contributed by atoms with Gasteiger partial charge in [-0.2, -0.15) is 0 Å². The standard InChI is InChI=1S/C11H21N3O2/c1-14-4-2-9(8-14)13-11(15)6-10-7-12-3-5-16-10/h9-10,12H,2-8H2,1H3,(H,13,15). The van der Waals surface area contributed by atoms with Gasteiger partial charge in [-0.1, -0.05) is 0 Å². The number of nitrogens with one attached hydrogen (secondary N) is 2. The van der Waals surface area contributed by atoms with Gasteiger partial charge >= 0.3 is 0 Å². The van der Waals surface area contributed by atoms with Crippen molar-refractivity contribution in [2.45, 2.75) is 25.0 Å². The summed E-state index contributed by atoms with van der Waals surface area (Å²) in [7, 11) is 2.08. The molecule has 1 amide bonds. The largest absolute Gasteiger partial charge is 0.375 e. The van der Waals surface area contributed by atoms with E-state index in [9.17, 15) is 4.79 Å². The van der Waals surface area contributed by atoms with Crippen LogP contribution in [0.15, 0.2) is 0 Å². The predicted molar refractivity (Wildman–Crippen MR) is 61.3 cm³/mol. The predicted octanol–water partition coefficient (Wildman–Crippen LogP) is -0.815. The normalized spacial score (nSPS) is 31.6. The second-order valence-corrected chi connectivity index (χ2v) is 4.72. The number of hydrogen-bond acceptors (Lipinski definition) is 4. The van der Waals surface area contributed by atoms with E-state index < -0.39 is 0 Å². The highest BCUT2D eigenvalue weighted by atomic mass is 16.5. The van der Waals surface area contributed by atoms with Crippen LogP contribution >= 0.6 is 0 Å². The Labute approximate surface area is 96.5 Å². The first-order valence-electron chi connectivity index (χ1n) is 6.04. The SMILES string of the molecule is CN1CCC(NC(=O)CC2CNCCO2)C1. The molecule has 2 N–H and O–H groups in total. The second kappa shape index (κ2) is 5.61. The lowest BCUT2D eigenvalue weighted by atomic mass is 10.2. The topological polar surface area (TPSA) is 53.6 Å². The van der Waals surface area contributed by atoms with Crippen LogP contribution in [-0.4, -0.2) is 62.8 Å². The number of likely N-dealkylation sites (tertiary alicyclic amines) is 1. The van der Waals surface area contributed by atoms with Gasteiger partial charge in [-0.05, 0) is 20.0 Å². The molecule has 0 radical (unpaired) electrons. The minimum atomic E-state index is 0.0490. The molecule has 0 aliphatic carbocycles. The minimum Gasteiger partial charge on any atom is -0.375 e. The van der Waals surface area contributed by atoms with Crippen LogP contribution in [0, 0.1) is 0 Å². The Morgan fingerprint density at radius 2 is 2.50 bits per heavy atom. The number of carbonyl (C=O) groups excluding carboxylic acids is 1. The number of amides is 1. The maximum atomic E-state index is 11.7. The van der Waals surface area contributed by atoms with Crippen molar-refractivity contribution in [2.24, 2.45) is 0 Å². The molecule has 2 rings (SSSR count). The molecule has 0 bridgehead atoms. The fourth-order valence-corrected chi connectivity index (χ4v) is 2.30. The first-order chi connectivity index (χ1) is 7.74. The third-order valence-electron chi connectivity index (χ3n) is 3.17. The van der Waals surface area contributed by atoms with E-state index in [1.807, 2.05) is 0 Å². The van der Waals surface area contributed by atoms with Crippen LogP contribution in [0.4, 0.5) is 0 Å². The highest BCUT2D eigenvalue weighted by Crippen LogP contribution is 2.07. The summed E-state index contributed by atoms with van der Waals surface area (Å²) < 4.78 is 5.50. The van der Waals surface area contributed by atoms with Crippen LogP contribution in [0.2, 0.25) is 0 Å². The molecule has 5 heteroatoms. The van der Waals surface area contributed by atoms with Gasteiger partial charge in [0, 0.05) is 25.7 Å². The van der Waals surface area contributed by atoms with E-state index in [4.69, 9.17) is 4.74 Å². The maximum Gasteiger partial charge on any atom is 0.222 e. The van der Waals surface area contributed by atoms with Gasteiger partial charge in [-0.25, -0.2) is 0 Å². The van der Waals surface area contributed by atoms with E-state index in [2.05, 4.69) is 22.6 Å². The monoisotopic (exact) mass is 227 g/mol. The molecule has 0 spiro atoms. The third-order valence-corrected chi connectivity index (χ3v) is 3.17. The fraction of sp³-hybridized carbons (Fsp3) is 0.909. The smallest absolute Gasteiger partial charge is 0.222 e. The van der Waals surface area contributed by atoms with Crippen LogP contribution in [-0.2, 0) is 9.53 Å². The lowest BCUT2D eigenvalue weighted by molar-refractivity contribution is -0.125. The number of hydrogen-bond donors (Lipinski definition) is 2. The van der Waals surface area contributed by atoms with Crippen molar-refractivity contribution in [3.05, 3.63) is 0 Å². The van der Waals surface area contributed by atoms with Crippen LogP contribution < -0.4 is 10.6 Å². The molecule has 2 saturated heterocycles. The highest BCUT2D eigenvalue weighted by molar-refractivity contribution is 5.76. The van der Waals surface area contributed by atoms with Gasteiger partial charge in [0.15, 0.2) is 0 Å². The molecule has 0 aromatic rings. The minimum absolute atomic E-state index is 0.0490. The maximum absolute atomic E-state index is 11.7. The van der Waals surface area contributed by atoms with Gasteiger partial charge in [0.25, 0.3) is 0 Å². The van der Waals surface area contributed by atoms with Crippen LogP contribution in [0.1, 0.15) is 12.8 Å². The van der Waals surface area contributed by atoms with Crippen molar-refractivity contribution in [1.82, 2.24) is 15.5 Å². The van der Waals surface area contributed by atoms with E-state index in [0.29, 0.717) is 19.1 Å². The van der Waals surface area contributed by atoms with Gasteiger partial charge in [-0.3, -0.25) is 4.79 Å².